The molecule has 0 saturated heterocycles. The normalized spacial score (nSPS) is 12.1. The average Bonchev–Trinajstić information content (AvgIpc) is 2.79. The van der Waals surface area contributed by atoms with Crippen LogP contribution >= 0.6 is 24.0 Å². The highest BCUT2D eigenvalue weighted by atomic mass is 35.5. The first-order valence-electron chi connectivity index (χ1n) is 5.92. The maximum Gasteiger partial charge on any atom is 0.0986 e. The van der Waals surface area contributed by atoms with Gasteiger partial charge in [-0.1, -0.05) is 44.5 Å². The highest BCUT2D eigenvalue weighted by Gasteiger charge is 2.18. The van der Waals surface area contributed by atoms with Gasteiger partial charge in [0.2, 0.25) is 0 Å². The summed E-state index contributed by atoms with van der Waals surface area (Å²) in [5.41, 5.74) is 2.48. The lowest BCUT2D eigenvalue weighted by Crippen LogP contribution is -2.09. The number of aromatic nitrogens is 2. The molecule has 2 aromatic rings. The fourth-order valence-corrected chi connectivity index (χ4v) is 1.95. The van der Waals surface area contributed by atoms with Gasteiger partial charge in [0.25, 0.3) is 0 Å². The SMILES string of the molecule is CC(C)(C)C(=Cn1ccnc1)c1ccc(Cl)cc1.Cl. The molecule has 0 fully saturated rings. The third-order valence-corrected chi connectivity index (χ3v) is 3.02. The molecular formula is C15H18Cl2N2. The Morgan fingerprint density at radius 3 is 2.32 bits per heavy atom. The molecule has 0 aliphatic rings. The van der Waals surface area contributed by atoms with E-state index in [1.54, 1.807) is 12.5 Å². The molecule has 0 spiro atoms. The highest BCUT2D eigenvalue weighted by Crippen LogP contribution is 2.34. The summed E-state index contributed by atoms with van der Waals surface area (Å²) in [6.45, 7) is 6.60. The van der Waals surface area contributed by atoms with E-state index in [2.05, 4.69) is 44.1 Å². The van der Waals surface area contributed by atoms with Gasteiger partial charge in [0, 0.05) is 23.6 Å². The zero-order chi connectivity index (χ0) is 13.2. The molecule has 0 amide bonds. The number of allylic oxidation sites excluding steroid dienone is 1. The van der Waals surface area contributed by atoms with Gasteiger partial charge < -0.3 is 4.57 Å². The second kappa shape index (κ2) is 6.27. The van der Waals surface area contributed by atoms with Crippen LogP contribution in [0.4, 0.5) is 0 Å². The van der Waals surface area contributed by atoms with E-state index in [1.165, 1.54) is 11.1 Å². The minimum Gasteiger partial charge on any atom is -0.313 e. The first-order chi connectivity index (χ1) is 8.47. The largest absolute Gasteiger partial charge is 0.313 e. The Morgan fingerprint density at radius 1 is 1.21 bits per heavy atom. The molecule has 0 saturated carbocycles. The van der Waals surface area contributed by atoms with E-state index >= 15 is 0 Å². The van der Waals surface area contributed by atoms with Crippen molar-refractivity contribution >= 4 is 35.8 Å². The zero-order valence-electron chi connectivity index (χ0n) is 11.3. The number of imidazole rings is 1. The van der Waals surface area contributed by atoms with E-state index in [0.717, 1.165) is 5.02 Å². The fraction of sp³-hybridized carbons (Fsp3) is 0.267. The van der Waals surface area contributed by atoms with Gasteiger partial charge in [0.05, 0.1) is 6.33 Å². The molecule has 0 aliphatic carbocycles. The summed E-state index contributed by atoms with van der Waals surface area (Å²) in [5.74, 6) is 0. The summed E-state index contributed by atoms with van der Waals surface area (Å²) in [5, 5.41) is 0.759. The van der Waals surface area contributed by atoms with Crippen LogP contribution in [0.1, 0.15) is 26.3 Å². The lowest BCUT2D eigenvalue weighted by atomic mass is 9.83. The summed E-state index contributed by atoms with van der Waals surface area (Å²) in [4.78, 5) is 4.06. The van der Waals surface area contributed by atoms with Gasteiger partial charge >= 0.3 is 0 Å². The third kappa shape index (κ3) is 4.12. The van der Waals surface area contributed by atoms with Gasteiger partial charge in [-0.2, -0.15) is 0 Å². The molecule has 0 unspecified atom stereocenters. The minimum absolute atomic E-state index is 0. The Labute approximate surface area is 125 Å². The molecule has 0 aliphatic heterocycles. The highest BCUT2D eigenvalue weighted by molar-refractivity contribution is 6.30. The maximum atomic E-state index is 5.94. The molecule has 2 nitrogen and oxygen atoms in total. The van der Waals surface area contributed by atoms with Crippen molar-refractivity contribution in [3.63, 3.8) is 0 Å². The van der Waals surface area contributed by atoms with Gasteiger partial charge in [-0.05, 0) is 28.7 Å². The molecular weight excluding hydrogens is 279 g/mol. The molecule has 2 rings (SSSR count). The summed E-state index contributed by atoms with van der Waals surface area (Å²) in [7, 11) is 0. The predicted molar refractivity (Wildman–Crippen MR) is 84.5 cm³/mol. The fourth-order valence-electron chi connectivity index (χ4n) is 1.83. The number of nitrogens with zero attached hydrogens (tertiary/aromatic N) is 2. The predicted octanol–water partition coefficient (Wildman–Crippen LogP) is 5.00. The van der Waals surface area contributed by atoms with Crippen LogP contribution in [0.5, 0.6) is 0 Å². The van der Waals surface area contributed by atoms with Crippen LogP contribution in [-0.4, -0.2) is 9.55 Å². The molecule has 1 heterocycles. The topological polar surface area (TPSA) is 17.8 Å². The quantitative estimate of drug-likeness (QED) is 0.762. The third-order valence-electron chi connectivity index (χ3n) is 2.77. The lowest BCUT2D eigenvalue weighted by Gasteiger charge is -2.23. The van der Waals surface area contributed by atoms with E-state index < -0.39 is 0 Å². The Morgan fingerprint density at radius 2 is 1.84 bits per heavy atom. The van der Waals surface area contributed by atoms with Gasteiger partial charge in [-0.3, -0.25) is 0 Å². The monoisotopic (exact) mass is 296 g/mol. The van der Waals surface area contributed by atoms with Crippen molar-refractivity contribution in [1.29, 1.82) is 0 Å². The van der Waals surface area contributed by atoms with Crippen LogP contribution in [0.15, 0.2) is 43.0 Å². The van der Waals surface area contributed by atoms with Gasteiger partial charge in [-0.15, -0.1) is 12.4 Å². The maximum absolute atomic E-state index is 5.94. The van der Waals surface area contributed by atoms with Crippen molar-refractivity contribution in [2.24, 2.45) is 5.41 Å². The number of halogens is 2. The second-order valence-corrected chi connectivity index (χ2v) is 5.75. The van der Waals surface area contributed by atoms with E-state index in [1.807, 2.05) is 22.9 Å². The zero-order valence-corrected chi connectivity index (χ0v) is 12.9. The summed E-state index contributed by atoms with van der Waals surface area (Å²) < 4.78 is 1.97. The lowest BCUT2D eigenvalue weighted by molar-refractivity contribution is 0.568. The van der Waals surface area contributed by atoms with Gasteiger partial charge in [-0.25, -0.2) is 4.98 Å². The van der Waals surface area contributed by atoms with Crippen LogP contribution in [-0.2, 0) is 0 Å². The molecule has 1 aromatic carbocycles. The molecule has 0 bridgehead atoms. The van der Waals surface area contributed by atoms with E-state index in [-0.39, 0.29) is 17.8 Å². The average molecular weight is 297 g/mol. The van der Waals surface area contributed by atoms with Crippen LogP contribution in [0, 0.1) is 5.41 Å². The van der Waals surface area contributed by atoms with Gasteiger partial charge in [0.1, 0.15) is 0 Å². The van der Waals surface area contributed by atoms with Crippen molar-refractivity contribution in [3.05, 3.63) is 53.6 Å². The Kier molecular flexibility index (Phi) is 5.21. The smallest absolute Gasteiger partial charge is 0.0986 e. The number of hydrogen-bond donors (Lipinski definition) is 0. The van der Waals surface area contributed by atoms with E-state index in [4.69, 9.17) is 11.6 Å². The first kappa shape index (κ1) is 15.8. The summed E-state index contributed by atoms with van der Waals surface area (Å²) in [6, 6.07) is 7.95. The molecule has 1 aromatic heterocycles. The van der Waals surface area contributed by atoms with Crippen LogP contribution < -0.4 is 0 Å². The van der Waals surface area contributed by atoms with Crippen molar-refractivity contribution in [1.82, 2.24) is 9.55 Å². The second-order valence-electron chi connectivity index (χ2n) is 5.31. The van der Waals surface area contributed by atoms with Crippen LogP contribution in [0.2, 0.25) is 5.02 Å². The first-order valence-corrected chi connectivity index (χ1v) is 6.30. The summed E-state index contributed by atoms with van der Waals surface area (Å²) in [6.07, 6.45) is 7.61. The van der Waals surface area contributed by atoms with Crippen LogP contribution in [0.25, 0.3) is 11.8 Å². The van der Waals surface area contributed by atoms with E-state index in [0.29, 0.717) is 0 Å². The van der Waals surface area contributed by atoms with E-state index in [9.17, 15) is 0 Å². The number of benzene rings is 1. The molecule has 19 heavy (non-hydrogen) atoms. The molecule has 0 N–H and O–H groups in total. The molecule has 102 valence electrons. The minimum atomic E-state index is 0. The molecule has 0 radical (unpaired) electrons. The Hall–Kier alpha value is -1.25. The number of hydrogen-bond acceptors (Lipinski definition) is 1. The van der Waals surface area contributed by atoms with Crippen molar-refractivity contribution in [2.75, 3.05) is 0 Å². The Balaban J connectivity index is 0.00000180. The van der Waals surface area contributed by atoms with Crippen LogP contribution in [0.3, 0.4) is 0 Å². The van der Waals surface area contributed by atoms with Crippen molar-refractivity contribution in [3.8, 4) is 0 Å². The number of rotatable bonds is 2. The van der Waals surface area contributed by atoms with Crippen molar-refractivity contribution < 1.29 is 0 Å². The van der Waals surface area contributed by atoms with Crippen molar-refractivity contribution in [2.45, 2.75) is 20.8 Å². The standard InChI is InChI=1S/C15H17ClN2.ClH/c1-15(2,3)14(10-18-9-8-17-11-18)12-4-6-13(16)7-5-12;/h4-11H,1-3H3;1H. The van der Waals surface area contributed by atoms with Gasteiger partial charge in [0.15, 0.2) is 0 Å². The summed E-state index contributed by atoms with van der Waals surface area (Å²) >= 11 is 5.94. The molecule has 4 heteroatoms. The Bertz CT molecular complexity index is 535. The molecule has 0 atom stereocenters.